The van der Waals surface area contributed by atoms with Crippen LogP contribution in [0.2, 0.25) is 0 Å². The SMILES string of the molecule is Cc1ccc(C(=O)NCC2(CCl)CCCCC2)cc1C. The molecule has 1 fully saturated rings. The summed E-state index contributed by atoms with van der Waals surface area (Å²) in [5, 5.41) is 3.08. The van der Waals surface area contributed by atoms with Crippen LogP contribution in [0.25, 0.3) is 0 Å². The molecule has 0 spiro atoms. The molecule has 1 aromatic carbocycles. The quantitative estimate of drug-likeness (QED) is 0.827. The van der Waals surface area contributed by atoms with Crippen molar-refractivity contribution in [1.29, 1.82) is 0 Å². The van der Waals surface area contributed by atoms with E-state index in [1.54, 1.807) is 0 Å². The molecule has 1 aromatic rings. The first-order chi connectivity index (χ1) is 9.56. The minimum absolute atomic E-state index is 0.0168. The first kappa shape index (κ1) is 15.4. The second kappa shape index (κ2) is 6.62. The third-order valence-corrected chi connectivity index (χ3v) is 5.16. The summed E-state index contributed by atoms with van der Waals surface area (Å²) < 4.78 is 0. The molecule has 0 unspecified atom stereocenters. The largest absolute Gasteiger partial charge is 0.351 e. The molecule has 2 rings (SSSR count). The van der Waals surface area contributed by atoms with E-state index in [0.29, 0.717) is 12.4 Å². The molecule has 0 atom stereocenters. The monoisotopic (exact) mass is 293 g/mol. The number of benzene rings is 1. The predicted octanol–water partition coefficient (Wildman–Crippen LogP) is 4.22. The van der Waals surface area contributed by atoms with Crippen LogP contribution in [0.4, 0.5) is 0 Å². The number of carbonyl (C=O) groups excluding carboxylic acids is 1. The number of hydrogen-bond acceptors (Lipinski definition) is 1. The lowest BCUT2D eigenvalue weighted by Crippen LogP contribution is -2.40. The highest BCUT2D eigenvalue weighted by Crippen LogP contribution is 2.36. The third-order valence-electron chi connectivity index (χ3n) is 4.59. The topological polar surface area (TPSA) is 29.1 Å². The van der Waals surface area contributed by atoms with Crippen molar-refractivity contribution in [2.75, 3.05) is 12.4 Å². The first-order valence-corrected chi connectivity index (χ1v) is 8.01. The van der Waals surface area contributed by atoms with E-state index in [0.717, 1.165) is 24.0 Å². The van der Waals surface area contributed by atoms with Gasteiger partial charge in [-0.1, -0.05) is 25.3 Å². The van der Waals surface area contributed by atoms with Crippen molar-refractivity contribution in [1.82, 2.24) is 5.32 Å². The summed E-state index contributed by atoms with van der Waals surface area (Å²) in [6, 6.07) is 5.85. The third kappa shape index (κ3) is 3.54. The fourth-order valence-electron chi connectivity index (χ4n) is 2.91. The number of halogens is 1. The van der Waals surface area contributed by atoms with Gasteiger partial charge in [-0.05, 0) is 49.9 Å². The molecule has 1 aliphatic rings. The Kier molecular flexibility index (Phi) is 5.09. The van der Waals surface area contributed by atoms with Crippen LogP contribution in [0, 0.1) is 19.3 Å². The van der Waals surface area contributed by atoms with Gasteiger partial charge in [0.1, 0.15) is 0 Å². The van der Waals surface area contributed by atoms with Crippen LogP contribution in [0.1, 0.15) is 53.6 Å². The Morgan fingerprint density at radius 3 is 2.50 bits per heavy atom. The van der Waals surface area contributed by atoms with Crippen molar-refractivity contribution in [3.8, 4) is 0 Å². The first-order valence-electron chi connectivity index (χ1n) is 7.48. The summed E-state index contributed by atoms with van der Waals surface area (Å²) in [4.78, 5) is 12.3. The van der Waals surface area contributed by atoms with Gasteiger partial charge in [-0.15, -0.1) is 11.6 Å². The summed E-state index contributed by atoms with van der Waals surface area (Å²) in [6.45, 7) is 4.79. The Hall–Kier alpha value is -1.02. The Morgan fingerprint density at radius 2 is 1.90 bits per heavy atom. The molecule has 0 heterocycles. The van der Waals surface area contributed by atoms with Crippen LogP contribution >= 0.6 is 11.6 Å². The molecular weight excluding hydrogens is 270 g/mol. The Bertz CT molecular complexity index is 478. The number of hydrogen-bond donors (Lipinski definition) is 1. The Morgan fingerprint density at radius 1 is 1.20 bits per heavy atom. The van der Waals surface area contributed by atoms with Crippen molar-refractivity contribution in [2.24, 2.45) is 5.41 Å². The van der Waals surface area contributed by atoms with Crippen molar-refractivity contribution in [3.05, 3.63) is 34.9 Å². The van der Waals surface area contributed by atoms with Crippen LogP contribution in [0.3, 0.4) is 0 Å². The molecule has 20 heavy (non-hydrogen) atoms. The average Bonchev–Trinajstić information content (AvgIpc) is 2.48. The minimum Gasteiger partial charge on any atom is -0.351 e. The van der Waals surface area contributed by atoms with Crippen LogP contribution in [-0.4, -0.2) is 18.3 Å². The molecule has 0 aromatic heterocycles. The number of aryl methyl sites for hydroxylation is 2. The molecule has 0 saturated heterocycles. The Labute approximate surface area is 126 Å². The molecule has 1 amide bonds. The van der Waals surface area contributed by atoms with E-state index in [1.807, 2.05) is 25.1 Å². The average molecular weight is 294 g/mol. The summed E-state index contributed by atoms with van der Waals surface area (Å²) in [5.41, 5.74) is 3.22. The molecule has 110 valence electrons. The zero-order chi connectivity index (χ0) is 14.6. The number of carbonyl (C=O) groups is 1. The molecule has 1 N–H and O–H groups in total. The fraction of sp³-hybridized carbons (Fsp3) is 0.588. The van der Waals surface area contributed by atoms with E-state index < -0.39 is 0 Å². The highest BCUT2D eigenvalue weighted by Gasteiger charge is 2.31. The van der Waals surface area contributed by atoms with Crippen molar-refractivity contribution in [3.63, 3.8) is 0 Å². The van der Waals surface area contributed by atoms with Gasteiger partial charge in [0, 0.05) is 23.4 Å². The highest BCUT2D eigenvalue weighted by molar-refractivity contribution is 6.18. The lowest BCUT2D eigenvalue weighted by atomic mass is 9.75. The fourth-order valence-corrected chi connectivity index (χ4v) is 3.27. The molecule has 3 heteroatoms. The van der Waals surface area contributed by atoms with E-state index in [4.69, 9.17) is 11.6 Å². The van der Waals surface area contributed by atoms with Crippen molar-refractivity contribution >= 4 is 17.5 Å². The van der Waals surface area contributed by atoms with Gasteiger partial charge in [0.15, 0.2) is 0 Å². The van der Waals surface area contributed by atoms with Crippen LogP contribution in [-0.2, 0) is 0 Å². The lowest BCUT2D eigenvalue weighted by Gasteiger charge is -2.35. The van der Waals surface area contributed by atoms with Gasteiger partial charge in [-0.25, -0.2) is 0 Å². The van der Waals surface area contributed by atoms with E-state index in [2.05, 4.69) is 12.2 Å². The van der Waals surface area contributed by atoms with Gasteiger partial charge >= 0.3 is 0 Å². The molecule has 1 saturated carbocycles. The lowest BCUT2D eigenvalue weighted by molar-refractivity contribution is 0.0921. The predicted molar refractivity (Wildman–Crippen MR) is 84.5 cm³/mol. The Balaban J connectivity index is 1.98. The molecule has 0 bridgehead atoms. The van der Waals surface area contributed by atoms with Crippen molar-refractivity contribution in [2.45, 2.75) is 46.0 Å². The highest BCUT2D eigenvalue weighted by atomic mass is 35.5. The van der Waals surface area contributed by atoms with Crippen LogP contribution in [0.15, 0.2) is 18.2 Å². The molecule has 2 nitrogen and oxygen atoms in total. The maximum atomic E-state index is 12.3. The second-order valence-corrected chi connectivity index (χ2v) is 6.44. The van der Waals surface area contributed by atoms with Crippen molar-refractivity contribution < 1.29 is 4.79 Å². The van der Waals surface area contributed by atoms with Gasteiger partial charge in [0.05, 0.1) is 0 Å². The van der Waals surface area contributed by atoms with Crippen LogP contribution < -0.4 is 5.32 Å². The second-order valence-electron chi connectivity index (χ2n) is 6.18. The van der Waals surface area contributed by atoms with E-state index in [9.17, 15) is 4.79 Å². The van der Waals surface area contributed by atoms with Gasteiger partial charge < -0.3 is 5.32 Å². The normalized spacial score (nSPS) is 17.8. The maximum absolute atomic E-state index is 12.3. The van der Waals surface area contributed by atoms with Gasteiger partial charge in [0.2, 0.25) is 0 Å². The smallest absolute Gasteiger partial charge is 0.251 e. The molecule has 1 aliphatic carbocycles. The summed E-state index contributed by atoms with van der Waals surface area (Å²) in [6.07, 6.45) is 6.01. The molecular formula is C17H24ClNO. The number of alkyl halides is 1. The molecule has 0 radical (unpaired) electrons. The number of nitrogens with one attached hydrogen (secondary N) is 1. The minimum atomic E-state index is 0.0168. The van der Waals surface area contributed by atoms with Gasteiger partial charge in [-0.2, -0.15) is 0 Å². The summed E-state index contributed by atoms with van der Waals surface area (Å²) >= 11 is 6.16. The van der Waals surface area contributed by atoms with E-state index in [-0.39, 0.29) is 11.3 Å². The maximum Gasteiger partial charge on any atom is 0.251 e. The summed E-state index contributed by atoms with van der Waals surface area (Å²) in [7, 11) is 0. The standard InChI is InChI=1S/C17H24ClNO/c1-13-6-7-15(10-14(13)2)16(20)19-12-17(11-18)8-4-3-5-9-17/h6-7,10H,3-5,8-9,11-12H2,1-2H3,(H,19,20). The number of rotatable bonds is 4. The van der Waals surface area contributed by atoms with Gasteiger partial charge in [-0.3, -0.25) is 4.79 Å². The number of amides is 1. The zero-order valence-corrected chi connectivity index (χ0v) is 13.2. The zero-order valence-electron chi connectivity index (χ0n) is 12.5. The summed E-state index contributed by atoms with van der Waals surface area (Å²) in [5.74, 6) is 0.656. The van der Waals surface area contributed by atoms with Crippen LogP contribution in [0.5, 0.6) is 0 Å². The molecule has 0 aliphatic heterocycles. The van der Waals surface area contributed by atoms with E-state index in [1.165, 1.54) is 24.8 Å². The van der Waals surface area contributed by atoms with E-state index >= 15 is 0 Å². The van der Waals surface area contributed by atoms with Gasteiger partial charge in [0.25, 0.3) is 5.91 Å².